The van der Waals surface area contributed by atoms with Crippen molar-refractivity contribution < 1.29 is 8.42 Å². The highest BCUT2D eigenvalue weighted by Crippen LogP contribution is 2.24. The van der Waals surface area contributed by atoms with Crippen LogP contribution in [0.1, 0.15) is 16.7 Å². The van der Waals surface area contributed by atoms with Gasteiger partial charge in [-0.3, -0.25) is 0 Å². The Hall–Kier alpha value is -0.430. The molecule has 1 heterocycles. The van der Waals surface area contributed by atoms with E-state index in [1.54, 1.807) is 19.9 Å². The number of sulfonamides is 1. The van der Waals surface area contributed by atoms with Gasteiger partial charge in [0.05, 0.1) is 4.90 Å². The van der Waals surface area contributed by atoms with Gasteiger partial charge >= 0.3 is 0 Å². The number of hydrogen-bond acceptors (Lipinski definition) is 4. The first-order valence-corrected chi connectivity index (χ1v) is 6.95. The van der Waals surface area contributed by atoms with Crippen molar-refractivity contribution in [1.82, 2.24) is 4.72 Å². The lowest BCUT2D eigenvalue weighted by Crippen LogP contribution is -2.35. The van der Waals surface area contributed by atoms with E-state index in [1.807, 2.05) is 6.92 Å². The molecule has 0 aliphatic heterocycles. The molecule has 1 unspecified atom stereocenters. The first-order valence-electron chi connectivity index (χ1n) is 4.65. The molecule has 0 aromatic carbocycles. The molecule has 0 saturated heterocycles. The van der Waals surface area contributed by atoms with Crippen molar-refractivity contribution in [3.63, 3.8) is 0 Å². The molecule has 86 valence electrons. The van der Waals surface area contributed by atoms with Crippen LogP contribution in [0.4, 0.5) is 0 Å². The molecular weight excluding hydrogens is 232 g/mol. The van der Waals surface area contributed by atoms with E-state index < -0.39 is 10.0 Å². The molecule has 0 aliphatic rings. The van der Waals surface area contributed by atoms with Crippen LogP contribution in [-0.2, 0) is 10.0 Å². The summed E-state index contributed by atoms with van der Waals surface area (Å²) >= 11 is 1.48. The molecule has 0 spiro atoms. The molecule has 0 radical (unpaired) electrons. The van der Waals surface area contributed by atoms with Crippen LogP contribution in [0.25, 0.3) is 0 Å². The van der Waals surface area contributed by atoms with E-state index in [-0.39, 0.29) is 12.6 Å². The molecule has 0 amide bonds. The quantitative estimate of drug-likeness (QED) is 0.834. The monoisotopic (exact) mass is 248 g/mol. The lowest BCUT2D eigenvalue weighted by molar-refractivity contribution is 0.574. The summed E-state index contributed by atoms with van der Waals surface area (Å²) in [6.07, 6.45) is 0. The first kappa shape index (κ1) is 12.6. The summed E-state index contributed by atoms with van der Waals surface area (Å²) in [6.45, 7) is 5.71. The van der Waals surface area contributed by atoms with E-state index in [0.717, 1.165) is 9.75 Å². The van der Waals surface area contributed by atoms with E-state index in [9.17, 15) is 8.42 Å². The van der Waals surface area contributed by atoms with Crippen LogP contribution < -0.4 is 10.5 Å². The van der Waals surface area contributed by atoms with Gasteiger partial charge < -0.3 is 5.73 Å². The Morgan fingerprint density at radius 3 is 2.53 bits per heavy atom. The SMILES string of the molecule is Cc1cc(S(=O)(=O)NCC(C)N)c(C)s1. The van der Waals surface area contributed by atoms with Crippen LogP contribution in [0.2, 0.25) is 0 Å². The van der Waals surface area contributed by atoms with E-state index in [1.165, 1.54) is 11.3 Å². The summed E-state index contributed by atoms with van der Waals surface area (Å²) in [4.78, 5) is 2.17. The predicted molar refractivity (Wildman–Crippen MR) is 62.6 cm³/mol. The molecule has 0 fully saturated rings. The fraction of sp³-hybridized carbons (Fsp3) is 0.556. The minimum absolute atomic E-state index is 0.181. The normalized spacial score (nSPS) is 14.1. The zero-order chi connectivity index (χ0) is 11.6. The summed E-state index contributed by atoms with van der Waals surface area (Å²) in [5.41, 5.74) is 5.50. The lowest BCUT2D eigenvalue weighted by Gasteiger charge is -2.08. The zero-order valence-electron chi connectivity index (χ0n) is 9.07. The van der Waals surface area contributed by atoms with Gasteiger partial charge in [0.15, 0.2) is 0 Å². The molecule has 0 bridgehead atoms. The van der Waals surface area contributed by atoms with Gasteiger partial charge in [-0.25, -0.2) is 13.1 Å². The Morgan fingerprint density at radius 2 is 2.13 bits per heavy atom. The maximum absolute atomic E-state index is 11.8. The molecule has 1 aromatic heterocycles. The summed E-state index contributed by atoms with van der Waals surface area (Å²) in [5, 5.41) is 0. The second kappa shape index (κ2) is 4.61. The standard InChI is InChI=1S/C9H16N2O2S2/c1-6(10)5-11-15(12,13)9-4-7(2)14-8(9)3/h4,6,11H,5,10H2,1-3H3. The van der Waals surface area contributed by atoms with Crippen molar-refractivity contribution in [1.29, 1.82) is 0 Å². The highest BCUT2D eigenvalue weighted by Gasteiger charge is 2.18. The summed E-state index contributed by atoms with van der Waals surface area (Å²) in [7, 11) is -3.38. The largest absolute Gasteiger partial charge is 0.327 e. The van der Waals surface area contributed by atoms with Crippen molar-refractivity contribution in [3.8, 4) is 0 Å². The predicted octanol–water partition coefficient (Wildman–Crippen LogP) is 0.990. The average molecular weight is 248 g/mol. The van der Waals surface area contributed by atoms with Gasteiger partial charge in [0.25, 0.3) is 0 Å². The maximum Gasteiger partial charge on any atom is 0.241 e. The second-order valence-corrected chi connectivity index (χ2v) is 6.80. The fourth-order valence-corrected chi connectivity index (χ4v) is 3.89. The van der Waals surface area contributed by atoms with Crippen molar-refractivity contribution in [2.75, 3.05) is 6.54 Å². The van der Waals surface area contributed by atoms with Crippen LogP contribution in [-0.4, -0.2) is 21.0 Å². The number of nitrogens with two attached hydrogens (primary N) is 1. The smallest absolute Gasteiger partial charge is 0.241 e. The Kier molecular flexibility index (Phi) is 3.88. The van der Waals surface area contributed by atoms with E-state index in [0.29, 0.717) is 4.90 Å². The van der Waals surface area contributed by atoms with Crippen molar-refractivity contribution in [3.05, 3.63) is 15.8 Å². The number of hydrogen-bond donors (Lipinski definition) is 2. The van der Waals surface area contributed by atoms with Gasteiger partial charge in [-0.2, -0.15) is 0 Å². The highest BCUT2D eigenvalue weighted by atomic mass is 32.2. The third-order valence-electron chi connectivity index (χ3n) is 1.88. The van der Waals surface area contributed by atoms with E-state index in [4.69, 9.17) is 5.73 Å². The van der Waals surface area contributed by atoms with Crippen LogP contribution in [0, 0.1) is 13.8 Å². The highest BCUT2D eigenvalue weighted by molar-refractivity contribution is 7.89. The van der Waals surface area contributed by atoms with Crippen LogP contribution >= 0.6 is 11.3 Å². The van der Waals surface area contributed by atoms with E-state index >= 15 is 0 Å². The van der Waals surface area contributed by atoms with Crippen LogP contribution in [0.15, 0.2) is 11.0 Å². The number of thiophene rings is 1. The van der Waals surface area contributed by atoms with Crippen LogP contribution in [0.5, 0.6) is 0 Å². The topological polar surface area (TPSA) is 72.2 Å². The molecule has 0 saturated carbocycles. The van der Waals surface area contributed by atoms with Gasteiger partial charge in [-0.05, 0) is 26.8 Å². The minimum Gasteiger partial charge on any atom is -0.327 e. The third-order valence-corrected chi connectivity index (χ3v) is 4.53. The number of nitrogens with one attached hydrogen (secondary N) is 1. The Bertz CT molecular complexity index is 435. The summed E-state index contributed by atoms with van der Waals surface area (Å²) in [5.74, 6) is 0. The molecule has 1 rings (SSSR count). The lowest BCUT2D eigenvalue weighted by atomic mass is 10.4. The Labute approximate surface area is 94.5 Å². The van der Waals surface area contributed by atoms with Gasteiger partial charge in [0.2, 0.25) is 10.0 Å². The molecule has 6 heteroatoms. The molecular formula is C9H16N2O2S2. The van der Waals surface area contributed by atoms with Gasteiger partial charge in [-0.15, -0.1) is 11.3 Å². The van der Waals surface area contributed by atoms with Crippen molar-refractivity contribution in [2.45, 2.75) is 31.7 Å². The van der Waals surface area contributed by atoms with Crippen LogP contribution in [0.3, 0.4) is 0 Å². The molecule has 4 nitrogen and oxygen atoms in total. The summed E-state index contributed by atoms with van der Waals surface area (Å²) in [6, 6.07) is 1.50. The fourth-order valence-electron chi connectivity index (χ4n) is 1.19. The molecule has 15 heavy (non-hydrogen) atoms. The molecule has 1 aromatic rings. The zero-order valence-corrected chi connectivity index (χ0v) is 10.7. The van der Waals surface area contributed by atoms with Crippen molar-refractivity contribution >= 4 is 21.4 Å². The third kappa shape index (κ3) is 3.27. The van der Waals surface area contributed by atoms with Gasteiger partial charge in [0, 0.05) is 22.3 Å². The number of rotatable bonds is 4. The van der Waals surface area contributed by atoms with Crippen molar-refractivity contribution in [2.24, 2.45) is 5.73 Å². The Morgan fingerprint density at radius 1 is 1.53 bits per heavy atom. The maximum atomic E-state index is 11.8. The average Bonchev–Trinajstić information content (AvgIpc) is 2.43. The molecule has 1 atom stereocenters. The van der Waals surface area contributed by atoms with E-state index in [2.05, 4.69) is 4.72 Å². The molecule has 0 aliphatic carbocycles. The summed E-state index contributed by atoms with van der Waals surface area (Å²) < 4.78 is 26.1. The second-order valence-electron chi connectivity index (χ2n) is 3.61. The number of aryl methyl sites for hydroxylation is 2. The Balaban J connectivity index is 2.91. The minimum atomic E-state index is -3.38. The van der Waals surface area contributed by atoms with Gasteiger partial charge in [0.1, 0.15) is 0 Å². The van der Waals surface area contributed by atoms with Gasteiger partial charge in [-0.1, -0.05) is 0 Å². The first-order chi connectivity index (χ1) is 6.83. The molecule has 3 N–H and O–H groups in total.